The summed E-state index contributed by atoms with van der Waals surface area (Å²) < 4.78 is 28.0. The first-order valence-corrected chi connectivity index (χ1v) is 9.31. The molecule has 0 bridgehead atoms. The number of halogens is 3. The highest BCUT2D eigenvalue weighted by Crippen LogP contribution is 2.26. The summed E-state index contributed by atoms with van der Waals surface area (Å²) in [5.41, 5.74) is -0.00713. The van der Waals surface area contributed by atoms with Crippen molar-refractivity contribution in [2.45, 2.75) is 19.4 Å². The Morgan fingerprint density at radius 1 is 1.31 bits per heavy atom. The van der Waals surface area contributed by atoms with E-state index < -0.39 is 17.7 Å². The molecule has 0 aromatic heterocycles. The number of hydrogen-bond donors (Lipinski definition) is 3. The molecule has 2 saturated heterocycles. The molecule has 1 aromatic rings. The van der Waals surface area contributed by atoms with Crippen LogP contribution in [0.25, 0.3) is 0 Å². The molecule has 0 radical (unpaired) electrons. The summed E-state index contributed by atoms with van der Waals surface area (Å²) in [5.74, 6) is -0.878. The number of aliphatic imine (C=N–C) groups is 1. The standard InChI is InChI=1S/C18H24F2N6O2.HI/c1-2-21-17(22-7-9-26-15(27)10-23-18(26)28)24-12-6-8-25(11-12)16-13(19)4-3-5-14(16)20;/h3-5,12H,2,6-11H2,1H3,(H,23,28)(H2,21,22,24);1H. The number of para-hydroxylation sites is 1. The number of nitrogens with zero attached hydrogens (tertiary/aromatic N) is 3. The van der Waals surface area contributed by atoms with Crippen molar-refractivity contribution in [1.29, 1.82) is 0 Å². The molecular weight excluding hydrogens is 497 g/mol. The number of urea groups is 1. The molecule has 0 spiro atoms. The lowest BCUT2D eigenvalue weighted by atomic mass is 10.2. The zero-order valence-electron chi connectivity index (χ0n) is 16.1. The van der Waals surface area contributed by atoms with Gasteiger partial charge in [-0.05, 0) is 25.5 Å². The van der Waals surface area contributed by atoms with Gasteiger partial charge in [-0.25, -0.2) is 13.6 Å². The second-order valence-electron chi connectivity index (χ2n) is 6.61. The SMILES string of the molecule is CCNC(=NCCN1C(=O)CNC1=O)NC1CCN(c2c(F)cccc2F)C1.I. The van der Waals surface area contributed by atoms with E-state index in [0.29, 0.717) is 32.0 Å². The van der Waals surface area contributed by atoms with Gasteiger partial charge in [-0.1, -0.05) is 6.07 Å². The molecule has 29 heavy (non-hydrogen) atoms. The van der Waals surface area contributed by atoms with E-state index in [4.69, 9.17) is 0 Å². The van der Waals surface area contributed by atoms with Gasteiger partial charge in [-0.3, -0.25) is 14.7 Å². The minimum atomic E-state index is -0.574. The van der Waals surface area contributed by atoms with Gasteiger partial charge in [0.2, 0.25) is 5.91 Å². The average molecular weight is 522 g/mol. The molecule has 3 amide bonds. The van der Waals surface area contributed by atoms with E-state index in [1.54, 1.807) is 4.90 Å². The lowest BCUT2D eigenvalue weighted by molar-refractivity contribution is -0.124. The number of anilines is 1. The van der Waals surface area contributed by atoms with Crippen LogP contribution in [-0.2, 0) is 4.79 Å². The molecule has 11 heteroatoms. The fraction of sp³-hybridized carbons (Fsp3) is 0.500. The van der Waals surface area contributed by atoms with Crippen LogP contribution < -0.4 is 20.9 Å². The van der Waals surface area contributed by atoms with E-state index in [9.17, 15) is 18.4 Å². The Bertz CT molecular complexity index is 742. The Morgan fingerprint density at radius 2 is 2.03 bits per heavy atom. The van der Waals surface area contributed by atoms with Gasteiger partial charge in [-0.2, -0.15) is 0 Å². The number of nitrogens with one attached hydrogen (secondary N) is 3. The van der Waals surface area contributed by atoms with Crippen LogP contribution in [0.15, 0.2) is 23.2 Å². The van der Waals surface area contributed by atoms with Crippen molar-refractivity contribution in [1.82, 2.24) is 20.9 Å². The van der Waals surface area contributed by atoms with Gasteiger partial charge >= 0.3 is 6.03 Å². The minimum absolute atomic E-state index is 0. The Morgan fingerprint density at radius 3 is 2.66 bits per heavy atom. The Labute approximate surface area is 185 Å². The molecule has 1 atom stereocenters. The van der Waals surface area contributed by atoms with Crippen LogP contribution in [0.5, 0.6) is 0 Å². The summed E-state index contributed by atoms with van der Waals surface area (Å²) >= 11 is 0. The monoisotopic (exact) mass is 522 g/mol. The number of hydrogen-bond acceptors (Lipinski definition) is 4. The molecular formula is C18H25F2IN6O2. The molecule has 3 N–H and O–H groups in total. The van der Waals surface area contributed by atoms with Crippen LogP contribution >= 0.6 is 24.0 Å². The summed E-state index contributed by atoms with van der Waals surface area (Å²) in [6.45, 7) is 3.99. The number of benzene rings is 1. The number of carbonyl (C=O) groups is 2. The van der Waals surface area contributed by atoms with E-state index in [1.165, 1.54) is 18.2 Å². The summed E-state index contributed by atoms with van der Waals surface area (Å²) in [6, 6.07) is 3.41. The minimum Gasteiger partial charge on any atom is -0.365 e. The van der Waals surface area contributed by atoms with E-state index in [-0.39, 0.29) is 61.2 Å². The zero-order valence-corrected chi connectivity index (χ0v) is 18.4. The maximum Gasteiger partial charge on any atom is 0.324 e. The highest BCUT2D eigenvalue weighted by Gasteiger charge is 2.29. The van der Waals surface area contributed by atoms with Gasteiger partial charge in [0.05, 0.1) is 19.6 Å². The summed E-state index contributed by atoms with van der Waals surface area (Å²) in [4.78, 5) is 30.3. The van der Waals surface area contributed by atoms with Gasteiger partial charge in [0.25, 0.3) is 0 Å². The fourth-order valence-corrected chi connectivity index (χ4v) is 3.33. The predicted octanol–water partition coefficient (Wildman–Crippen LogP) is 1.27. The molecule has 3 rings (SSSR count). The lowest BCUT2D eigenvalue weighted by Crippen LogP contribution is -2.45. The number of rotatable bonds is 6. The number of carbonyl (C=O) groups excluding carboxylic acids is 2. The van der Waals surface area contributed by atoms with Crippen molar-refractivity contribution >= 4 is 47.6 Å². The molecule has 1 unspecified atom stereocenters. The van der Waals surface area contributed by atoms with Crippen LogP contribution in [0.2, 0.25) is 0 Å². The van der Waals surface area contributed by atoms with Crippen molar-refractivity contribution in [3.05, 3.63) is 29.8 Å². The molecule has 2 aliphatic heterocycles. The topological polar surface area (TPSA) is 89.1 Å². The van der Waals surface area contributed by atoms with E-state index in [2.05, 4.69) is 20.9 Å². The summed E-state index contributed by atoms with van der Waals surface area (Å²) in [5, 5.41) is 8.82. The second kappa shape index (κ2) is 10.6. The van der Waals surface area contributed by atoms with Crippen LogP contribution in [0, 0.1) is 11.6 Å². The lowest BCUT2D eigenvalue weighted by Gasteiger charge is -2.21. The van der Waals surface area contributed by atoms with Gasteiger partial charge in [0.1, 0.15) is 17.3 Å². The smallest absolute Gasteiger partial charge is 0.324 e. The van der Waals surface area contributed by atoms with Gasteiger partial charge < -0.3 is 20.9 Å². The third-order valence-electron chi connectivity index (χ3n) is 4.66. The van der Waals surface area contributed by atoms with Crippen LogP contribution in [0.3, 0.4) is 0 Å². The normalized spacial score (nSPS) is 19.3. The first-order valence-electron chi connectivity index (χ1n) is 9.31. The van der Waals surface area contributed by atoms with Crippen LogP contribution in [0.1, 0.15) is 13.3 Å². The third kappa shape index (κ3) is 5.67. The predicted molar refractivity (Wildman–Crippen MR) is 117 cm³/mol. The largest absolute Gasteiger partial charge is 0.365 e. The molecule has 2 aliphatic rings. The molecule has 0 aliphatic carbocycles. The summed E-state index contributed by atoms with van der Waals surface area (Å²) in [7, 11) is 0. The molecule has 8 nitrogen and oxygen atoms in total. The molecule has 0 saturated carbocycles. The first-order chi connectivity index (χ1) is 13.5. The Kier molecular flexibility index (Phi) is 8.41. The molecule has 2 heterocycles. The average Bonchev–Trinajstić information content (AvgIpc) is 3.23. The fourth-order valence-electron chi connectivity index (χ4n) is 3.33. The molecule has 1 aromatic carbocycles. The van der Waals surface area contributed by atoms with Gasteiger partial charge in [0.15, 0.2) is 5.96 Å². The van der Waals surface area contributed by atoms with E-state index in [0.717, 1.165) is 4.90 Å². The second-order valence-corrected chi connectivity index (χ2v) is 6.61. The number of guanidine groups is 1. The molecule has 160 valence electrons. The Hall–Kier alpha value is -2.18. The zero-order chi connectivity index (χ0) is 20.1. The van der Waals surface area contributed by atoms with Crippen molar-refractivity contribution in [3.8, 4) is 0 Å². The quantitative estimate of drug-likeness (QED) is 0.227. The van der Waals surface area contributed by atoms with E-state index in [1.807, 2.05) is 6.92 Å². The van der Waals surface area contributed by atoms with Crippen molar-refractivity contribution in [2.75, 3.05) is 44.2 Å². The van der Waals surface area contributed by atoms with Gasteiger partial charge in [-0.15, -0.1) is 24.0 Å². The van der Waals surface area contributed by atoms with Crippen LogP contribution in [-0.4, -0.2) is 68.1 Å². The van der Waals surface area contributed by atoms with Crippen LogP contribution in [0.4, 0.5) is 19.3 Å². The first kappa shape index (κ1) is 23.1. The summed E-state index contributed by atoms with van der Waals surface area (Å²) in [6.07, 6.45) is 0.700. The number of imide groups is 1. The molecule has 2 fully saturated rings. The van der Waals surface area contributed by atoms with Crippen molar-refractivity contribution in [3.63, 3.8) is 0 Å². The van der Waals surface area contributed by atoms with Gasteiger partial charge in [0, 0.05) is 25.7 Å². The Balaban J connectivity index is 0.00000300. The highest BCUT2D eigenvalue weighted by molar-refractivity contribution is 14.0. The highest BCUT2D eigenvalue weighted by atomic mass is 127. The number of amides is 3. The third-order valence-corrected chi connectivity index (χ3v) is 4.66. The maximum atomic E-state index is 14.0. The van der Waals surface area contributed by atoms with Crippen molar-refractivity contribution in [2.24, 2.45) is 4.99 Å². The van der Waals surface area contributed by atoms with E-state index >= 15 is 0 Å². The maximum absolute atomic E-state index is 14.0. The van der Waals surface area contributed by atoms with Crippen molar-refractivity contribution < 1.29 is 18.4 Å².